The van der Waals surface area contributed by atoms with Gasteiger partial charge < -0.3 is 5.73 Å². The fourth-order valence-electron chi connectivity index (χ4n) is 0.510. The van der Waals surface area contributed by atoms with Gasteiger partial charge in [-0.2, -0.15) is 0 Å². The van der Waals surface area contributed by atoms with Crippen molar-refractivity contribution in [3.8, 4) is 0 Å². The Morgan fingerprint density at radius 1 is 1.40 bits per heavy atom. The molecule has 0 aromatic carbocycles. The third-order valence-corrected chi connectivity index (χ3v) is 0.901. The van der Waals surface area contributed by atoms with Crippen molar-refractivity contribution in [2.45, 2.75) is 20.8 Å². The summed E-state index contributed by atoms with van der Waals surface area (Å²) in [4.78, 5) is 3.92. The molecule has 2 N–H and O–H groups in total. The molecule has 0 aromatic rings. The zero-order valence-electron chi connectivity index (χ0n) is 6.76. The molecule has 0 fully saturated rings. The van der Waals surface area contributed by atoms with Gasteiger partial charge in [0.1, 0.15) is 0 Å². The summed E-state index contributed by atoms with van der Waals surface area (Å²) in [6.45, 7) is 5.71. The van der Waals surface area contributed by atoms with Crippen molar-refractivity contribution in [2.75, 3.05) is 0 Å². The van der Waals surface area contributed by atoms with Crippen LogP contribution in [0.1, 0.15) is 20.8 Å². The molecule has 0 unspecified atom stereocenters. The Labute approximate surface area is 62.1 Å². The minimum atomic E-state index is 0.587. The van der Waals surface area contributed by atoms with Crippen molar-refractivity contribution >= 4 is 5.84 Å². The summed E-state index contributed by atoms with van der Waals surface area (Å²) in [7, 11) is 0. The molecule has 0 aliphatic carbocycles. The van der Waals surface area contributed by atoms with Gasteiger partial charge in [0.2, 0.25) is 0 Å². The minimum Gasteiger partial charge on any atom is -0.387 e. The van der Waals surface area contributed by atoms with E-state index in [0.29, 0.717) is 5.84 Å². The summed E-state index contributed by atoms with van der Waals surface area (Å²) in [5.41, 5.74) is 6.42. The van der Waals surface area contributed by atoms with Gasteiger partial charge in [-0.15, -0.1) is 0 Å². The first-order valence-corrected chi connectivity index (χ1v) is 3.26. The predicted molar refractivity (Wildman–Crippen MR) is 45.9 cm³/mol. The molecule has 2 nitrogen and oxygen atoms in total. The number of nitrogens with two attached hydrogens (primary N) is 1. The van der Waals surface area contributed by atoms with Crippen LogP contribution in [0, 0.1) is 0 Å². The number of nitrogens with zero attached hydrogens (tertiary/aromatic N) is 1. The van der Waals surface area contributed by atoms with E-state index in [9.17, 15) is 0 Å². The molecule has 0 bridgehead atoms. The van der Waals surface area contributed by atoms with Crippen LogP contribution >= 0.6 is 0 Å². The molecule has 0 spiro atoms. The molecule has 0 aliphatic heterocycles. The van der Waals surface area contributed by atoms with E-state index >= 15 is 0 Å². The quantitative estimate of drug-likeness (QED) is 0.353. The van der Waals surface area contributed by atoms with Crippen LogP contribution in [0.25, 0.3) is 0 Å². The highest BCUT2D eigenvalue weighted by atomic mass is 14.8. The first-order chi connectivity index (χ1) is 4.66. The van der Waals surface area contributed by atoms with Crippen LogP contribution in [-0.2, 0) is 0 Å². The molecule has 0 aliphatic rings. The van der Waals surface area contributed by atoms with Gasteiger partial charge in [-0.1, -0.05) is 12.2 Å². The van der Waals surface area contributed by atoms with Crippen LogP contribution in [0.3, 0.4) is 0 Å². The van der Waals surface area contributed by atoms with E-state index in [1.165, 1.54) is 0 Å². The van der Waals surface area contributed by atoms with Gasteiger partial charge in [-0.25, -0.2) is 4.99 Å². The van der Waals surface area contributed by atoms with E-state index in [2.05, 4.69) is 4.99 Å². The minimum absolute atomic E-state index is 0.587. The monoisotopic (exact) mass is 138 g/mol. The van der Waals surface area contributed by atoms with Gasteiger partial charge in [-0.3, -0.25) is 0 Å². The van der Waals surface area contributed by atoms with Crippen molar-refractivity contribution in [2.24, 2.45) is 10.7 Å². The van der Waals surface area contributed by atoms with Gasteiger partial charge in [0, 0.05) is 6.20 Å². The highest BCUT2D eigenvalue weighted by Crippen LogP contribution is 1.93. The lowest BCUT2D eigenvalue weighted by Crippen LogP contribution is -2.03. The van der Waals surface area contributed by atoms with Crippen LogP contribution in [0.5, 0.6) is 0 Å². The molecule has 0 radical (unpaired) electrons. The van der Waals surface area contributed by atoms with E-state index in [4.69, 9.17) is 5.73 Å². The second-order valence-electron chi connectivity index (χ2n) is 2.14. The molecule has 10 heavy (non-hydrogen) atoms. The molecule has 0 aromatic heterocycles. The predicted octanol–water partition coefficient (Wildman–Crippen LogP) is 1.84. The number of aliphatic imine (C=N–C) groups is 1. The molecular weight excluding hydrogens is 124 g/mol. The Morgan fingerprint density at radius 3 is 2.40 bits per heavy atom. The first-order valence-electron chi connectivity index (χ1n) is 3.26. The molecular formula is C8H14N2. The van der Waals surface area contributed by atoms with Crippen LogP contribution in [0.15, 0.2) is 28.9 Å². The lowest BCUT2D eigenvalue weighted by Gasteiger charge is -1.87. The maximum Gasteiger partial charge on any atom is 0.0957 e. The van der Waals surface area contributed by atoms with Crippen molar-refractivity contribution in [1.82, 2.24) is 0 Å². The zero-order valence-corrected chi connectivity index (χ0v) is 6.76. The van der Waals surface area contributed by atoms with Gasteiger partial charge in [0.25, 0.3) is 0 Å². The van der Waals surface area contributed by atoms with Crippen molar-refractivity contribution in [3.05, 3.63) is 23.9 Å². The summed E-state index contributed by atoms with van der Waals surface area (Å²) >= 11 is 0. The second kappa shape index (κ2) is 4.79. The Bertz CT molecular complexity index is 172. The molecule has 0 atom stereocenters. The molecule has 0 heterocycles. The van der Waals surface area contributed by atoms with Gasteiger partial charge in [0.05, 0.1) is 5.84 Å². The normalized spacial score (nSPS) is 14.7. The number of rotatable bonds is 2. The summed E-state index contributed by atoms with van der Waals surface area (Å²) in [5.74, 6) is 0.587. The van der Waals surface area contributed by atoms with Crippen LogP contribution in [-0.4, -0.2) is 5.84 Å². The summed E-state index contributed by atoms with van der Waals surface area (Å²) < 4.78 is 0. The molecule has 0 rings (SSSR count). The molecule has 0 saturated carbocycles. The fourth-order valence-corrected chi connectivity index (χ4v) is 0.510. The maximum atomic E-state index is 5.32. The summed E-state index contributed by atoms with van der Waals surface area (Å²) in [6.07, 6.45) is 5.69. The van der Waals surface area contributed by atoms with E-state index in [1.807, 2.05) is 26.0 Å². The number of hydrogen-bond donors (Lipinski definition) is 1. The van der Waals surface area contributed by atoms with E-state index in [1.54, 1.807) is 13.1 Å². The van der Waals surface area contributed by atoms with E-state index < -0.39 is 0 Å². The topological polar surface area (TPSA) is 38.4 Å². The lowest BCUT2D eigenvalue weighted by atomic mass is 10.3. The largest absolute Gasteiger partial charge is 0.387 e. The van der Waals surface area contributed by atoms with Gasteiger partial charge in [0.15, 0.2) is 0 Å². The smallest absolute Gasteiger partial charge is 0.0957 e. The number of amidine groups is 1. The average molecular weight is 138 g/mol. The van der Waals surface area contributed by atoms with E-state index in [0.717, 1.165) is 5.57 Å². The molecule has 0 amide bonds. The fraction of sp³-hybridized carbons (Fsp3) is 0.375. The molecule has 2 heteroatoms. The van der Waals surface area contributed by atoms with Crippen LogP contribution in [0.4, 0.5) is 0 Å². The molecule has 0 saturated heterocycles. The molecule has 56 valence electrons. The second-order valence-corrected chi connectivity index (χ2v) is 2.14. The van der Waals surface area contributed by atoms with E-state index in [-0.39, 0.29) is 0 Å². The first kappa shape index (κ1) is 8.95. The number of allylic oxidation sites excluding steroid dienone is 3. The maximum absolute atomic E-state index is 5.32. The van der Waals surface area contributed by atoms with Crippen LogP contribution < -0.4 is 5.73 Å². The van der Waals surface area contributed by atoms with Crippen molar-refractivity contribution in [3.63, 3.8) is 0 Å². The van der Waals surface area contributed by atoms with Gasteiger partial charge in [-0.05, 0) is 26.3 Å². The van der Waals surface area contributed by atoms with Crippen molar-refractivity contribution < 1.29 is 0 Å². The summed E-state index contributed by atoms with van der Waals surface area (Å²) in [5, 5.41) is 0. The Balaban J connectivity index is 4.05. The highest BCUT2D eigenvalue weighted by molar-refractivity contribution is 5.78. The van der Waals surface area contributed by atoms with Crippen molar-refractivity contribution in [1.29, 1.82) is 0 Å². The Hall–Kier alpha value is -1.05. The SMILES string of the molecule is C/C=C/C(C)=C\N=C(C)N. The third-order valence-electron chi connectivity index (χ3n) is 0.901. The average Bonchev–Trinajstić information content (AvgIpc) is 1.85. The Morgan fingerprint density at radius 2 is 2.00 bits per heavy atom. The lowest BCUT2D eigenvalue weighted by molar-refractivity contribution is 1.38. The zero-order chi connectivity index (χ0) is 7.98. The number of hydrogen-bond acceptors (Lipinski definition) is 1. The standard InChI is InChI=1S/C8H14N2/c1-4-5-7(2)6-10-8(3)9/h4-6H,1-3H3,(H2,9,10)/b5-4+,7-6-. The van der Waals surface area contributed by atoms with Gasteiger partial charge >= 0.3 is 0 Å². The summed E-state index contributed by atoms with van der Waals surface area (Å²) in [6, 6.07) is 0. The van der Waals surface area contributed by atoms with Crippen LogP contribution in [0.2, 0.25) is 0 Å². The Kier molecular flexibility index (Phi) is 4.29. The third kappa shape index (κ3) is 5.09. The highest BCUT2D eigenvalue weighted by Gasteiger charge is 1.77.